The fourth-order valence-corrected chi connectivity index (χ4v) is 4.54. The Morgan fingerprint density at radius 3 is 2.45 bits per heavy atom. The summed E-state index contributed by atoms with van der Waals surface area (Å²) in [4.78, 5) is 14.9. The summed E-state index contributed by atoms with van der Waals surface area (Å²) in [7, 11) is 1.71. The molecule has 2 aliphatic heterocycles. The lowest BCUT2D eigenvalue weighted by atomic mass is 10.2. The Kier molecular flexibility index (Phi) is 9.26. The number of nitrogens with one attached hydrogen (secondary N) is 1. The van der Waals surface area contributed by atoms with E-state index in [-0.39, 0.29) is 24.0 Å². The first-order valence-corrected chi connectivity index (χ1v) is 10.7. The highest BCUT2D eigenvalue weighted by Gasteiger charge is 2.41. The van der Waals surface area contributed by atoms with Crippen LogP contribution in [-0.4, -0.2) is 85.8 Å². The fraction of sp³-hybridized carbons (Fsp3) is 0.778. The summed E-state index contributed by atoms with van der Waals surface area (Å²) in [6.45, 7) is 5.96. The van der Waals surface area contributed by atoms with Gasteiger partial charge in [-0.3, -0.25) is 9.89 Å². The van der Waals surface area contributed by atoms with E-state index < -0.39 is 12.2 Å². The number of guanidine groups is 1. The van der Waals surface area contributed by atoms with Crippen molar-refractivity contribution in [3.8, 4) is 0 Å². The molecule has 1 unspecified atom stereocenters. The molecule has 0 saturated carbocycles. The van der Waals surface area contributed by atoms with E-state index in [1.807, 2.05) is 4.90 Å². The van der Waals surface area contributed by atoms with E-state index in [1.54, 1.807) is 18.4 Å². The first kappa shape index (κ1) is 24.4. The van der Waals surface area contributed by atoms with Crippen molar-refractivity contribution in [2.45, 2.75) is 38.4 Å². The molecule has 1 atom stereocenters. The molecule has 0 radical (unpaired) electrons. The van der Waals surface area contributed by atoms with E-state index in [9.17, 15) is 13.2 Å². The highest BCUT2D eigenvalue weighted by Crippen LogP contribution is 2.26. The normalized spacial score (nSPS) is 20.0. The second-order valence-corrected chi connectivity index (χ2v) is 8.12. The molecule has 1 N–H and O–H groups in total. The molecular weight excluding hydrogens is 516 g/mol. The Balaban J connectivity index is 0.00000300. The Bertz CT molecular complexity index is 654. The highest BCUT2D eigenvalue weighted by atomic mass is 127. The van der Waals surface area contributed by atoms with E-state index in [4.69, 9.17) is 4.98 Å². The summed E-state index contributed by atoms with van der Waals surface area (Å²) in [5.74, 6) is 0.745. The zero-order valence-electron chi connectivity index (χ0n) is 16.9. The monoisotopic (exact) mass is 546 g/mol. The minimum Gasteiger partial charge on any atom is -0.356 e. The molecule has 1 aromatic rings. The van der Waals surface area contributed by atoms with Gasteiger partial charge in [-0.25, -0.2) is 4.98 Å². The Morgan fingerprint density at radius 1 is 1.21 bits per heavy atom. The maximum absolute atomic E-state index is 12.9. The minimum atomic E-state index is -4.18. The predicted molar refractivity (Wildman–Crippen MR) is 123 cm³/mol. The van der Waals surface area contributed by atoms with Crippen LogP contribution < -0.4 is 10.2 Å². The molecule has 2 aliphatic rings. The van der Waals surface area contributed by atoms with Gasteiger partial charge in [0.15, 0.2) is 11.1 Å². The largest absolute Gasteiger partial charge is 0.403 e. The zero-order valence-corrected chi connectivity index (χ0v) is 20.1. The van der Waals surface area contributed by atoms with Crippen molar-refractivity contribution in [3.05, 3.63) is 11.1 Å². The Hall–Kier alpha value is -0.820. The van der Waals surface area contributed by atoms with Gasteiger partial charge in [0.25, 0.3) is 0 Å². The number of piperazine rings is 1. The molecule has 0 bridgehead atoms. The summed E-state index contributed by atoms with van der Waals surface area (Å²) in [6.07, 6.45) is -0.901. The van der Waals surface area contributed by atoms with E-state index >= 15 is 0 Å². The van der Waals surface area contributed by atoms with Crippen LogP contribution >= 0.6 is 35.3 Å². The van der Waals surface area contributed by atoms with Crippen molar-refractivity contribution < 1.29 is 13.2 Å². The van der Waals surface area contributed by atoms with Crippen molar-refractivity contribution in [2.24, 2.45) is 4.99 Å². The van der Waals surface area contributed by atoms with Crippen LogP contribution in [0.5, 0.6) is 0 Å². The lowest BCUT2D eigenvalue weighted by Gasteiger charge is -2.39. The van der Waals surface area contributed by atoms with E-state index in [0.29, 0.717) is 32.7 Å². The smallest absolute Gasteiger partial charge is 0.356 e. The molecule has 1 aromatic heterocycles. The molecule has 6 nitrogen and oxygen atoms in total. The zero-order chi connectivity index (χ0) is 20.1. The van der Waals surface area contributed by atoms with Gasteiger partial charge in [-0.15, -0.1) is 35.3 Å². The second kappa shape index (κ2) is 11.0. The highest BCUT2D eigenvalue weighted by molar-refractivity contribution is 14.0. The van der Waals surface area contributed by atoms with Gasteiger partial charge in [0.2, 0.25) is 0 Å². The molecule has 0 amide bonds. The number of rotatable bonds is 5. The third-order valence-electron chi connectivity index (χ3n) is 5.43. The van der Waals surface area contributed by atoms with Gasteiger partial charge < -0.3 is 15.1 Å². The Morgan fingerprint density at radius 2 is 1.86 bits per heavy atom. The summed E-state index contributed by atoms with van der Waals surface area (Å²) in [5, 5.41) is 6.54. The number of anilines is 1. The van der Waals surface area contributed by atoms with E-state index in [1.165, 1.54) is 24.7 Å². The molecule has 0 spiro atoms. The van der Waals surface area contributed by atoms with Crippen molar-refractivity contribution in [1.29, 1.82) is 0 Å². The predicted octanol–water partition coefficient (Wildman–Crippen LogP) is 3.05. The SMILES string of the molecule is CN=C(NCCc1csc(N2CCCC2)n1)N1CCN(C(C)C(F)(F)F)CC1.I. The molecule has 11 heteroatoms. The van der Waals surface area contributed by atoms with Crippen LogP contribution in [0.4, 0.5) is 18.3 Å². The number of halogens is 4. The lowest BCUT2D eigenvalue weighted by Crippen LogP contribution is -2.56. The molecule has 0 aliphatic carbocycles. The topological polar surface area (TPSA) is 47.0 Å². The van der Waals surface area contributed by atoms with E-state index in [0.717, 1.165) is 36.3 Å². The van der Waals surface area contributed by atoms with Crippen LogP contribution in [0.25, 0.3) is 0 Å². The quantitative estimate of drug-likeness (QED) is 0.350. The molecule has 3 heterocycles. The van der Waals surface area contributed by atoms with Crippen molar-refractivity contribution in [1.82, 2.24) is 20.1 Å². The molecule has 3 rings (SSSR count). The maximum Gasteiger partial charge on any atom is 0.403 e. The van der Waals surface area contributed by atoms with Crippen molar-refractivity contribution >= 4 is 46.4 Å². The third kappa shape index (κ3) is 6.58. The van der Waals surface area contributed by atoms with Gasteiger partial charge >= 0.3 is 6.18 Å². The number of thiazole rings is 1. The average Bonchev–Trinajstić information content (AvgIpc) is 3.36. The molecule has 2 fully saturated rings. The molecule has 2 saturated heterocycles. The van der Waals surface area contributed by atoms with E-state index in [2.05, 4.69) is 20.6 Å². The first-order chi connectivity index (χ1) is 13.4. The van der Waals surface area contributed by atoms with Gasteiger partial charge in [-0.05, 0) is 19.8 Å². The lowest BCUT2D eigenvalue weighted by molar-refractivity contribution is -0.181. The number of nitrogens with zero attached hydrogens (tertiary/aromatic N) is 5. The average molecular weight is 546 g/mol. The summed E-state index contributed by atoms with van der Waals surface area (Å²) in [6, 6.07) is -1.40. The minimum absolute atomic E-state index is 0. The maximum atomic E-state index is 12.9. The van der Waals surface area contributed by atoms with Crippen LogP contribution in [0.2, 0.25) is 0 Å². The first-order valence-electron chi connectivity index (χ1n) is 9.84. The fourth-order valence-electron chi connectivity index (χ4n) is 3.63. The van der Waals surface area contributed by atoms with Crippen LogP contribution in [-0.2, 0) is 6.42 Å². The van der Waals surface area contributed by atoms with Gasteiger partial charge in [-0.2, -0.15) is 13.2 Å². The molecule has 166 valence electrons. The summed E-state index contributed by atoms with van der Waals surface area (Å²) in [5.41, 5.74) is 1.07. The number of aliphatic imine (C=N–C) groups is 1. The van der Waals surface area contributed by atoms with Gasteiger partial charge in [0.05, 0.1) is 5.69 Å². The Labute approximate surface area is 191 Å². The van der Waals surface area contributed by atoms with Crippen LogP contribution in [0, 0.1) is 0 Å². The van der Waals surface area contributed by atoms with Gasteiger partial charge in [0.1, 0.15) is 6.04 Å². The molecular formula is C18H30F3IN6S. The van der Waals surface area contributed by atoms with Gasteiger partial charge in [0, 0.05) is 64.7 Å². The van der Waals surface area contributed by atoms with Crippen molar-refractivity contribution in [3.63, 3.8) is 0 Å². The second-order valence-electron chi connectivity index (χ2n) is 7.28. The van der Waals surface area contributed by atoms with Gasteiger partial charge in [-0.1, -0.05) is 0 Å². The van der Waals surface area contributed by atoms with Crippen LogP contribution in [0.1, 0.15) is 25.5 Å². The third-order valence-corrected chi connectivity index (χ3v) is 6.38. The summed E-state index contributed by atoms with van der Waals surface area (Å²) < 4.78 is 38.7. The van der Waals surface area contributed by atoms with Crippen LogP contribution in [0.3, 0.4) is 0 Å². The van der Waals surface area contributed by atoms with Crippen LogP contribution in [0.15, 0.2) is 10.4 Å². The number of alkyl halides is 3. The number of hydrogen-bond donors (Lipinski definition) is 1. The molecule has 0 aromatic carbocycles. The van der Waals surface area contributed by atoms with Crippen molar-refractivity contribution in [2.75, 3.05) is 57.8 Å². The number of hydrogen-bond acceptors (Lipinski definition) is 5. The molecule has 29 heavy (non-hydrogen) atoms. The number of aromatic nitrogens is 1. The standard InChI is InChI=1S/C18H29F3N6S.HI/c1-14(18(19,20)21)25-9-11-26(12-10-25)16(22-2)23-6-5-15-13-28-17(24-15)27-7-3-4-8-27;/h13-14H,3-12H2,1-2H3,(H,22,23);1H. The summed E-state index contributed by atoms with van der Waals surface area (Å²) >= 11 is 1.69.